The highest BCUT2D eigenvalue weighted by Gasteiger charge is 2.18. The number of nitrogens with zero attached hydrogens (tertiary/aromatic N) is 1. The number of esters is 1. The molecule has 2 rings (SSSR count). The summed E-state index contributed by atoms with van der Waals surface area (Å²) in [5.74, 6) is -2.69. The first-order valence-electron chi connectivity index (χ1n) is 6.44. The maximum Gasteiger partial charge on any atom is 0.357 e. The lowest BCUT2D eigenvalue weighted by Crippen LogP contribution is -2.37. The van der Waals surface area contributed by atoms with Crippen LogP contribution in [0.2, 0.25) is 0 Å². The molecule has 1 heterocycles. The number of nitrogens with one attached hydrogen (secondary N) is 1. The third kappa shape index (κ3) is 4.54. The van der Waals surface area contributed by atoms with Crippen LogP contribution in [0.1, 0.15) is 16.1 Å². The third-order valence-electron chi connectivity index (χ3n) is 2.84. The van der Waals surface area contributed by atoms with Gasteiger partial charge in [0.1, 0.15) is 11.6 Å². The van der Waals surface area contributed by atoms with Crippen LogP contribution in [0.4, 0.5) is 13.9 Å². The first-order chi connectivity index (χ1) is 10.9. The van der Waals surface area contributed by atoms with Gasteiger partial charge in [0.15, 0.2) is 10.8 Å². The SMILES string of the molecule is COC(=O)c1csc(NC(=O)[C@@H](N)Cc2cc(F)cc(F)c2)n1. The molecule has 23 heavy (non-hydrogen) atoms. The second kappa shape index (κ2) is 7.25. The van der Waals surface area contributed by atoms with Crippen LogP contribution in [0.3, 0.4) is 0 Å². The molecular weight excluding hydrogens is 328 g/mol. The van der Waals surface area contributed by atoms with Crippen molar-refractivity contribution >= 4 is 28.3 Å². The smallest absolute Gasteiger partial charge is 0.357 e. The highest BCUT2D eigenvalue weighted by molar-refractivity contribution is 7.14. The zero-order valence-electron chi connectivity index (χ0n) is 12.0. The van der Waals surface area contributed by atoms with Gasteiger partial charge in [-0.05, 0) is 24.1 Å². The normalized spacial score (nSPS) is 11.8. The number of halogens is 2. The van der Waals surface area contributed by atoms with E-state index in [0.717, 1.165) is 29.5 Å². The summed E-state index contributed by atoms with van der Waals surface area (Å²) in [6.07, 6.45) is -0.0459. The molecule has 0 radical (unpaired) electrons. The molecule has 0 aliphatic heterocycles. The van der Waals surface area contributed by atoms with Crippen molar-refractivity contribution in [3.8, 4) is 0 Å². The van der Waals surface area contributed by atoms with E-state index in [1.54, 1.807) is 0 Å². The molecule has 122 valence electrons. The molecule has 0 aliphatic rings. The minimum Gasteiger partial charge on any atom is -0.464 e. The Bertz CT molecular complexity index is 716. The fourth-order valence-corrected chi connectivity index (χ4v) is 2.49. The van der Waals surface area contributed by atoms with Crippen molar-refractivity contribution in [3.63, 3.8) is 0 Å². The van der Waals surface area contributed by atoms with Crippen LogP contribution in [-0.2, 0) is 16.0 Å². The van der Waals surface area contributed by atoms with Gasteiger partial charge in [0, 0.05) is 11.4 Å². The number of anilines is 1. The standard InChI is InChI=1S/C14H13F2N3O3S/c1-22-13(21)11-6-23-14(18-11)19-12(20)10(17)4-7-2-8(15)5-9(16)3-7/h2-3,5-6,10H,4,17H2,1H3,(H,18,19,20)/t10-/m0/s1. The maximum atomic E-state index is 13.1. The Morgan fingerprint density at radius 3 is 2.61 bits per heavy atom. The number of aromatic nitrogens is 1. The Labute approximate surface area is 134 Å². The Balaban J connectivity index is 1.99. The molecule has 0 aliphatic carbocycles. The fraction of sp³-hybridized carbons (Fsp3) is 0.214. The van der Waals surface area contributed by atoms with Crippen LogP contribution >= 0.6 is 11.3 Å². The third-order valence-corrected chi connectivity index (χ3v) is 3.60. The molecule has 0 unspecified atom stereocenters. The van der Waals surface area contributed by atoms with Crippen molar-refractivity contribution in [2.45, 2.75) is 12.5 Å². The van der Waals surface area contributed by atoms with Gasteiger partial charge >= 0.3 is 5.97 Å². The number of carbonyl (C=O) groups is 2. The van der Waals surface area contributed by atoms with Crippen molar-refractivity contribution in [1.29, 1.82) is 0 Å². The number of benzene rings is 1. The topological polar surface area (TPSA) is 94.3 Å². The summed E-state index contributed by atoms with van der Waals surface area (Å²) in [7, 11) is 1.22. The molecule has 0 saturated heterocycles. The maximum absolute atomic E-state index is 13.1. The average molecular weight is 341 g/mol. The highest BCUT2D eigenvalue weighted by Crippen LogP contribution is 2.17. The van der Waals surface area contributed by atoms with Gasteiger partial charge in [-0.25, -0.2) is 18.6 Å². The number of nitrogens with two attached hydrogens (primary N) is 1. The number of hydrogen-bond donors (Lipinski definition) is 2. The highest BCUT2D eigenvalue weighted by atomic mass is 32.1. The fourth-order valence-electron chi connectivity index (χ4n) is 1.80. The molecule has 0 saturated carbocycles. The molecular formula is C14H13F2N3O3S. The molecule has 1 amide bonds. The summed E-state index contributed by atoms with van der Waals surface area (Å²) in [6, 6.07) is 1.92. The largest absolute Gasteiger partial charge is 0.464 e. The van der Waals surface area contributed by atoms with Gasteiger partial charge in [-0.15, -0.1) is 11.3 Å². The minimum absolute atomic E-state index is 0.0459. The number of ether oxygens (including phenoxy) is 1. The first-order valence-corrected chi connectivity index (χ1v) is 7.32. The first kappa shape index (κ1) is 17.0. The number of methoxy groups -OCH3 is 1. The Hall–Kier alpha value is -2.39. The second-order valence-electron chi connectivity index (χ2n) is 4.61. The van der Waals surface area contributed by atoms with E-state index in [2.05, 4.69) is 15.0 Å². The van der Waals surface area contributed by atoms with E-state index in [1.807, 2.05) is 0 Å². The second-order valence-corrected chi connectivity index (χ2v) is 5.47. The summed E-state index contributed by atoms with van der Waals surface area (Å²) in [5, 5.41) is 4.04. The van der Waals surface area contributed by atoms with Crippen LogP contribution in [0, 0.1) is 11.6 Å². The van der Waals surface area contributed by atoms with Crippen molar-refractivity contribution in [2.24, 2.45) is 5.73 Å². The van der Waals surface area contributed by atoms with Crippen LogP contribution in [0.5, 0.6) is 0 Å². The van der Waals surface area contributed by atoms with Crippen molar-refractivity contribution in [3.05, 3.63) is 46.5 Å². The summed E-state index contributed by atoms with van der Waals surface area (Å²) < 4.78 is 30.7. The number of thiazole rings is 1. The van der Waals surface area contributed by atoms with Crippen LogP contribution in [0.25, 0.3) is 0 Å². The summed E-state index contributed by atoms with van der Waals surface area (Å²) in [6.45, 7) is 0. The van der Waals surface area contributed by atoms with Gasteiger partial charge in [-0.1, -0.05) is 0 Å². The van der Waals surface area contributed by atoms with Crippen LogP contribution < -0.4 is 11.1 Å². The molecule has 9 heteroatoms. The van der Waals surface area contributed by atoms with Gasteiger partial charge in [-0.2, -0.15) is 0 Å². The van der Waals surface area contributed by atoms with Gasteiger partial charge in [-0.3, -0.25) is 4.79 Å². The predicted molar refractivity (Wildman–Crippen MR) is 80.1 cm³/mol. The predicted octanol–water partition coefficient (Wildman–Crippen LogP) is 1.72. The molecule has 1 atom stereocenters. The number of amides is 1. The van der Waals surface area contributed by atoms with Crippen LogP contribution in [-0.4, -0.2) is 30.0 Å². The lowest BCUT2D eigenvalue weighted by Gasteiger charge is -2.11. The molecule has 1 aromatic carbocycles. The summed E-state index contributed by atoms with van der Waals surface area (Å²) in [5.41, 5.74) is 6.05. The Morgan fingerprint density at radius 1 is 1.35 bits per heavy atom. The summed E-state index contributed by atoms with van der Waals surface area (Å²) >= 11 is 1.03. The molecule has 0 bridgehead atoms. The number of hydrogen-bond acceptors (Lipinski definition) is 6. The lowest BCUT2D eigenvalue weighted by molar-refractivity contribution is -0.117. The van der Waals surface area contributed by atoms with E-state index >= 15 is 0 Å². The van der Waals surface area contributed by atoms with Gasteiger partial charge in [0.2, 0.25) is 5.91 Å². The van der Waals surface area contributed by atoms with Crippen molar-refractivity contribution in [2.75, 3.05) is 12.4 Å². The van der Waals surface area contributed by atoms with E-state index in [-0.39, 0.29) is 22.8 Å². The van der Waals surface area contributed by atoms with Crippen LogP contribution in [0.15, 0.2) is 23.6 Å². The lowest BCUT2D eigenvalue weighted by atomic mass is 10.1. The van der Waals surface area contributed by atoms with E-state index in [4.69, 9.17) is 5.73 Å². The van der Waals surface area contributed by atoms with Gasteiger partial charge in [0.25, 0.3) is 0 Å². The number of carbonyl (C=O) groups excluding carboxylic acids is 2. The quantitative estimate of drug-likeness (QED) is 0.808. The minimum atomic E-state index is -1.03. The van der Waals surface area contributed by atoms with Crippen molar-refractivity contribution < 1.29 is 23.1 Å². The van der Waals surface area contributed by atoms with E-state index in [0.29, 0.717) is 0 Å². The zero-order chi connectivity index (χ0) is 17.0. The van der Waals surface area contributed by atoms with E-state index in [1.165, 1.54) is 12.5 Å². The van der Waals surface area contributed by atoms with E-state index < -0.39 is 29.6 Å². The van der Waals surface area contributed by atoms with Crippen molar-refractivity contribution in [1.82, 2.24) is 4.98 Å². The Kier molecular flexibility index (Phi) is 5.35. The molecule has 3 N–H and O–H groups in total. The zero-order valence-corrected chi connectivity index (χ0v) is 12.8. The number of rotatable bonds is 5. The monoisotopic (exact) mass is 341 g/mol. The molecule has 2 aromatic rings. The van der Waals surface area contributed by atoms with Gasteiger partial charge < -0.3 is 15.8 Å². The summed E-state index contributed by atoms with van der Waals surface area (Å²) in [4.78, 5) is 27.1. The van der Waals surface area contributed by atoms with E-state index in [9.17, 15) is 18.4 Å². The average Bonchev–Trinajstić information content (AvgIpc) is 2.93. The molecule has 6 nitrogen and oxygen atoms in total. The Morgan fingerprint density at radius 2 is 2.00 bits per heavy atom. The molecule has 0 fully saturated rings. The van der Waals surface area contributed by atoms with Gasteiger partial charge in [0.05, 0.1) is 13.2 Å². The molecule has 1 aromatic heterocycles. The molecule has 0 spiro atoms.